The van der Waals surface area contributed by atoms with Crippen LogP contribution >= 0.6 is 15.9 Å². The highest BCUT2D eigenvalue weighted by molar-refractivity contribution is 9.09. The van der Waals surface area contributed by atoms with E-state index in [1.165, 1.54) is 11.1 Å². The summed E-state index contributed by atoms with van der Waals surface area (Å²) in [5.41, 5.74) is 2.50. The molecular weight excluding hydrogens is 214 g/mol. The summed E-state index contributed by atoms with van der Waals surface area (Å²) in [4.78, 5) is 4.06. The van der Waals surface area contributed by atoms with Gasteiger partial charge in [-0.1, -0.05) is 28.1 Å². The van der Waals surface area contributed by atoms with Crippen molar-refractivity contribution >= 4 is 21.5 Å². The molecule has 0 spiro atoms. The molecule has 1 nitrogen and oxygen atoms in total. The van der Waals surface area contributed by atoms with Crippen LogP contribution in [-0.2, 0) is 0 Å². The second-order valence-electron chi connectivity index (χ2n) is 2.61. The van der Waals surface area contributed by atoms with Gasteiger partial charge in [-0.3, -0.25) is 4.98 Å². The molecule has 0 N–H and O–H groups in total. The highest BCUT2D eigenvalue weighted by Gasteiger charge is 1.92. The van der Waals surface area contributed by atoms with Gasteiger partial charge in [-0.05, 0) is 30.5 Å². The van der Waals surface area contributed by atoms with Gasteiger partial charge in [-0.25, -0.2) is 0 Å². The Morgan fingerprint density at radius 2 is 2.50 bits per heavy atom. The van der Waals surface area contributed by atoms with E-state index in [-0.39, 0.29) is 0 Å². The van der Waals surface area contributed by atoms with Crippen molar-refractivity contribution in [1.82, 2.24) is 4.98 Å². The maximum Gasteiger partial charge on any atom is 0.0342 e. The molecule has 1 aromatic heterocycles. The van der Waals surface area contributed by atoms with E-state index >= 15 is 0 Å². The van der Waals surface area contributed by atoms with Gasteiger partial charge >= 0.3 is 0 Å². The minimum Gasteiger partial charge on any atom is -0.264 e. The number of pyridine rings is 1. The number of alkyl halides is 1. The number of hydrogen-bond donors (Lipinski definition) is 0. The lowest BCUT2D eigenvalue weighted by atomic mass is 10.1. The van der Waals surface area contributed by atoms with Gasteiger partial charge in [0.15, 0.2) is 0 Å². The summed E-state index contributed by atoms with van der Waals surface area (Å²) in [6.45, 7) is 2.11. The lowest BCUT2D eigenvalue weighted by Gasteiger charge is -1.98. The van der Waals surface area contributed by atoms with Gasteiger partial charge in [0.2, 0.25) is 0 Å². The molecule has 0 aromatic carbocycles. The molecule has 0 atom stereocenters. The first kappa shape index (κ1) is 9.46. The Kier molecular flexibility index (Phi) is 4.01. The number of allylic oxidation sites excluding steroid dienone is 2. The van der Waals surface area contributed by atoms with Crippen molar-refractivity contribution in [3.63, 3.8) is 0 Å². The largest absolute Gasteiger partial charge is 0.264 e. The summed E-state index contributed by atoms with van der Waals surface area (Å²) in [5, 5.41) is 1.02. The predicted octanol–water partition coefficient (Wildman–Crippen LogP) is 3.27. The molecule has 1 rings (SSSR count). The molecule has 0 aliphatic heterocycles. The Morgan fingerprint density at radius 3 is 3.08 bits per heavy atom. The molecule has 0 aliphatic rings. The molecule has 0 amide bonds. The average molecular weight is 226 g/mol. The molecule has 0 radical (unpaired) electrons. The SMILES string of the molecule is C/C(=C/CCBr)c1cccnc1. The van der Waals surface area contributed by atoms with E-state index in [9.17, 15) is 0 Å². The third-order valence-electron chi connectivity index (χ3n) is 1.68. The molecule has 0 saturated heterocycles. The van der Waals surface area contributed by atoms with Crippen LogP contribution in [0.1, 0.15) is 18.9 Å². The van der Waals surface area contributed by atoms with Gasteiger partial charge in [-0.15, -0.1) is 0 Å². The molecule has 0 bridgehead atoms. The van der Waals surface area contributed by atoms with Gasteiger partial charge in [-0.2, -0.15) is 0 Å². The minimum atomic E-state index is 1.02. The zero-order chi connectivity index (χ0) is 8.81. The molecule has 0 aliphatic carbocycles. The topological polar surface area (TPSA) is 12.9 Å². The Bertz CT molecular complexity index is 254. The minimum absolute atomic E-state index is 1.02. The molecule has 64 valence electrons. The number of halogens is 1. The normalized spacial score (nSPS) is 11.7. The van der Waals surface area contributed by atoms with Crippen molar-refractivity contribution in [2.75, 3.05) is 5.33 Å². The quantitative estimate of drug-likeness (QED) is 0.721. The maximum absolute atomic E-state index is 4.06. The molecule has 2 heteroatoms. The van der Waals surface area contributed by atoms with E-state index in [2.05, 4.69) is 40.0 Å². The van der Waals surface area contributed by atoms with E-state index < -0.39 is 0 Å². The highest BCUT2D eigenvalue weighted by Crippen LogP contribution is 2.12. The standard InChI is InChI=1S/C10H12BrN/c1-9(4-2-6-11)10-5-3-7-12-8-10/h3-5,7-8H,2,6H2,1H3/b9-4-. The van der Waals surface area contributed by atoms with Crippen LogP contribution in [0.25, 0.3) is 5.57 Å². The van der Waals surface area contributed by atoms with Crippen molar-refractivity contribution in [3.05, 3.63) is 36.2 Å². The highest BCUT2D eigenvalue weighted by atomic mass is 79.9. The molecule has 1 heterocycles. The van der Waals surface area contributed by atoms with Gasteiger partial charge in [0, 0.05) is 17.7 Å². The van der Waals surface area contributed by atoms with Gasteiger partial charge in [0.1, 0.15) is 0 Å². The van der Waals surface area contributed by atoms with Crippen molar-refractivity contribution < 1.29 is 0 Å². The van der Waals surface area contributed by atoms with Crippen molar-refractivity contribution in [2.24, 2.45) is 0 Å². The Balaban J connectivity index is 2.71. The molecule has 1 aromatic rings. The lowest BCUT2D eigenvalue weighted by Crippen LogP contribution is -1.80. The van der Waals surface area contributed by atoms with Crippen LogP contribution in [0, 0.1) is 0 Å². The number of hydrogen-bond acceptors (Lipinski definition) is 1. The smallest absolute Gasteiger partial charge is 0.0342 e. The van der Waals surface area contributed by atoms with E-state index in [1.54, 1.807) is 6.20 Å². The van der Waals surface area contributed by atoms with Crippen molar-refractivity contribution in [1.29, 1.82) is 0 Å². The lowest BCUT2D eigenvalue weighted by molar-refractivity contribution is 1.24. The van der Waals surface area contributed by atoms with Crippen molar-refractivity contribution in [2.45, 2.75) is 13.3 Å². The van der Waals surface area contributed by atoms with Crippen LogP contribution in [-0.4, -0.2) is 10.3 Å². The zero-order valence-electron chi connectivity index (χ0n) is 7.13. The molecule has 0 saturated carbocycles. The fourth-order valence-electron chi connectivity index (χ4n) is 0.985. The van der Waals surface area contributed by atoms with Crippen LogP contribution in [0.5, 0.6) is 0 Å². The fraction of sp³-hybridized carbons (Fsp3) is 0.300. The summed E-state index contributed by atoms with van der Waals surface area (Å²) in [6, 6.07) is 4.04. The van der Waals surface area contributed by atoms with Crippen LogP contribution in [0.3, 0.4) is 0 Å². The summed E-state index contributed by atoms with van der Waals surface area (Å²) in [5.74, 6) is 0. The molecule has 0 unspecified atom stereocenters. The van der Waals surface area contributed by atoms with E-state index in [0.717, 1.165) is 11.8 Å². The van der Waals surface area contributed by atoms with Crippen molar-refractivity contribution in [3.8, 4) is 0 Å². The Hall–Kier alpha value is -0.630. The summed E-state index contributed by atoms with van der Waals surface area (Å²) < 4.78 is 0. The second kappa shape index (κ2) is 5.09. The van der Waals surface area contributed by atoms with Crippen LogP contribution in [0.4, 0.5) is 0 Å². The number of aromatic nitrogens is 1. The van der Waals surface area contributed by atoms with Gasteiger partial charge in [0.05, 0.1) is 0 Å². The monoisotopic (exact) mass is 225 g/mol. The predicted molar refractivity (Wildman–Crippen MR) is 56.3 cm³/mol. The van der Waals surface area contributed by atoms with Crippen LogP contribution < -0.4 is 0 Å². The summed E-state index contributed by atoms with van der Waals surface area (Å²) in [6.07, 6.45) is 6.97. The first-order valence-electron chi connectivity index (χ1n) is 3.97. The van der Waals surface area contributed by atoms with E-state index in [1.807, 2.05) is 12.3 Å². The molecule has 12 heavy (non-hydrogen) atoms. The average Bonchev–Trinajstić information content (AvgIpc) is 2.15. The summed E-state index contributed by atoms with van der Waals surface area (Å²) >= 11 is 3.39. The molecule has 0 fully saturated rings. The zero-order valence-corrected chi connectivity index (χ0v) is 8.71. The fourth-order valence-corrected chi connectivity index (χ4v) is 1.21. The van der Waals surface area contributed by atoms with E-state index in [4.69, 9.17) is 0 Å². The third kappa shape index (κ3) is 2.78. The van der Waals surface area contributed by atoms with Gasteiger partial charge < -0.3 is 0 Å². The van der Waals surface area contributed by atoms with E-state index in [0.29, 0.717) is 0 Å². The number of nitrogens with zero attached hydrogens (tertiary/aromatic N) is 1. The Morgan fingerprint density at radius 1 is 1.67 bits per heavy atom. The van der Waals surface area contributed by atoms with Crippen LogP contribution in [0.15, 0.2) is 30.6 Å². The third-order valence-corrected chi connectivity index (χ3v) is 2.13. The van der Waals surface area contributed by atoms with Gasteiger partial charge in [0.25, 0.3) is 0 Å². The number of rotatable bonds is 3. The molecular formula is C10H12BrN. The maximum atomic E-state index is 4.06. The first-order chi connectivity index (χ1) is 5.84. The Labute approximate surface area is 81.7 Å². The second-order valence-corrected chi connectivity index (χ2v) is 3.40. The van der Waals surface area contributed by atoms with Crippen LogP contribution in [0.2, 0.25) is 0 Å². The summed E-state index contributed by atoms with van der Waals surface area (Å²) in [7, 11) is 0. The first-order valence-corrected chi connectivity index (χ1v) is 5.10.